The van der Waals surface area contributed by atoms with Gasteiger partial charge in [-0.25, -0.2) is 9.59 Å². The number of rotatable bonds is 9. The van der Waals surface area contributed by atoms with Crippen molar-refractivity contribution in [3.8, 4) is 0 Å². The zero-order chi connectivity index (χ0) is 38.3. The first-order chi connectivity index (χ1) is 23.4. The third-order valence-corrected chi connectivity index (χ3v) is 10.1. The van der Waals surface area contributed by atoms with Crippen molar-refractivity contribution in [2.75, 3.05) is 6.61 Å². The van der Waals surface area contributed by atoms with E-state index >= 15 is 4.79 Å². The molecule has 2 aliphatic carbocycles. The summed E-state index contributed by atoms with van der Waals surface area (Å²) in [5.41, 5.74) is -7.00. The molecule has 0 aromatic heterocycles. The average Bonchev–Trinajstić information content (AvgIpc) is 3.05. The first-order valence-electron chi connectivity index (χ1n) is 17.1. The lowest BCUT2D eigenvalue weighted by molar-refractivity contribution is -0.293. The third kappa shape index (κ3) is 8.19. The molecule has 2 fully saturated rings. The molecule has 8 atom stereocenters. The standard InChI is InChI=1S/C38H50O13/c1-21-17-35(8,9)30(38(45,18-26(21)41)22(2)47-32(43)25-14-12-11-13-15-25)29(48-23(3)39)31(42)36(10)19-37(50-24(4)40)20-46-28(37)16-27(36)49-33(44)51-34(5,6)7/h11-15,17,22,27-30,45H,16,18-20H2,1-10H3/t22-,27-,28?,29+,30?,36-,37-,38+/m0/s1. The van der Waals surface area contributed by atoms with Crippen LogP contribution in [0.25, 0.3) is 0 Å². The zero-order valence-electron chi connectivity index (χ0n) is 31.0. The minimum absolute atomic E-state index is 0.0424. The molecule has 1 saturated heterocycles. The summed E-state index contributed by atoms with van der Waals surface area (Å²) in [6.45, 7) is 15.1. The van der Waals surface area contributed by atoms with Crippen molar-refractivity contribution in [2.24, 2.45) is 16.7 Å². The molecule has 2 unspecified atom stereocenters. The van der Waals surface area contributed by atoms with Crippen molar-refractivity contribution in [2.45, 2.75) is 130 Å². The Morgan fingerprint density at radius 3 is 2.14 bits per heavy atom. The second-order valence-corrected chi connectivity index (χ2v) is 15.9. The Hall–Kier alpha value is -4.10. The summed E-state index contributed by atoms with van der Waals surface area (Å²) in [6, 6.07) is 8.05. The van der Waals surface area contributed by atoms with Crippen LogP contribution in [0.3, 0.4) is 0 Å². The van der Waals surface area contributed by atoms with E-state index in [0.29, 0.717) is 0 Å². The van der Waals surface area contributed by atoms with Gasteiger partial charge in [0.25, 0.3) is 0 Å². The summed E-state index contributed by atoms with van der Waals surface area (Å²) in [6.07, 6.45) is -5.50. The van der Waals surface area contributed by atoms with Gasteiger partial charge in [-0.1, -0.05) is 38.1 Å². The Morgan fingerprint density at radius 2 is 1.61 bits per heavy atom. The number of hydrogen-bond acceptors (Lipinski definition) is 13. The van der Waals surface area contributed by atoms with E-state index in [0.717, 1.165) is 6.92 Å². The number of allylic oxidation sites excluding steroid dienone is 2. The van der Waals surface area contributed by atoms with Crippen LogP contribution < -0.4 is 0 Å². The number of fused-ring (bicyclic) bond motifs is 1. The summed E-state index contributed by atoms with van der Waals surface area (Å²) in [5, 5.41) is 12.8. The van der Waals surface area contributed by atoms with E-state index in [4.69, 9.17) is 28.4 Å². The van der Waals surface area contributed by atoms with E-state index in [1.165, 1.54) is 32.9 Å². The largest absolute Gasteiger partial charge is 0.509 e. The second kappa shape index (κ2) is 14.1. The summed E-state index contributed by atoms with van der Waals surface area (Å²) >= 11 is 0. The molecule has 0 amide bonds. The van der Waals surface area contributed by atoms with E-state index in [-0.39, 0.29) is 30.6 Å². The van der Waals surface area contributed by atoms with E-state index in [1.54, 1.807) is 65.8 Å². The molecule has 0 bridgehead atoms. The number of Topliss-reactive ketones (excluding diaryl/α,β-unsaturated/α-hetero) is 2. The molecule has 3 aliphatic rings. The fourth-order valence-electron chi connectivity index (χ4n) is 7.87. The molecule has 0 spiro atoms. The molecule has 1 N–H and O–H groups in total. The van der Waals surface area contributed by atoms with Crippen LogP contribution in [0, 0.1) is 16.7 Å². The molecule has 13 nitrogen and oxygen atoms in total. The Bertz CT molecular complexity index is 1590. The van der Waals surface area contributed by atoms with Crippen LogP contribution >= 0.6 is 0 Å². The minimum Gasteiger partial charge on any atom is -0.456 e. The van der Waals surface area contributed by atoms with Crippen LogP contribution in [0.15, 0.2) is 42.0 Å². The van der Waals surface area contributed by atoms with Crippen LogP contribution in [0.4, 0.5) is 4.79 Å². The number of hydrogen-bond donors (Lipinski definition) is 1. The van der Waals surface area contributed by atoms with Gasteiger partial charge in [0.05, 0.1) is 17.6 Å². The highest BCUT2D eigenvalue weighted by Crippen LogP contribution is 2.55. The lowest BCUT2D eigenvalue weighted by Gasteiger charge is -2.58. The fraction of sp³-hybridized carbons (Fsp3) is 0.632. The summed E-state index contributed by atoms with van der Waals surface area (Å²) in [4.78, 5) is 80.4. The van der Waals surface area contributed by atoms with Crippen molar-refractivity contribution in [3.63, 3.8) is 0 Å². The molecule has 1 aliphatic heterocycles. The van der Waals surface area contributed by atoms with Crippen LogP contribution in [-0.4, -0.2) is 88.6 Å². The number of carbonyl (C=O) groups excluding carboxylic acids is 6. The van der Waals surface area contributed by atoms with E-state index in [1.807, 2.05) is 0 Å². The first kappa shape index (κ1) is 39.7. The van der Waals surface area contributed by atoms with Crippen molar-refractivity contribution >= 4 is 35.6 Å². The number of aliphatic hydroxyl groups is 1. The van der Waals surface area contributed by atoms with Crippen molar-refractivity contribution in [1.82, 2.24) is 0 Å². The number of ether oxygens (including phenoxy) is 6. The Morgan fingerprint density at radius 1 is 0.980 bits per heavy atom. The quantitative estimate of drug-likeness (QED) is 0.272. The maximum atomic E-state index is 15.3. The van der Waals surface area contributed by atoms with Gasteiger partial charge in [0.15, 0.2) is 23.3 Å². The molecule has 51 heavy (non-hydrogen) atoms. The molecular formula is C38H50O13. The van der Waals surface area contributed by atoms with Gasteiger partial charge in [0.2, 0.25) is 0 Å². The Labute approximate surface area is 298 Å². The zero-order valence-corrected chi connectivity index (χ0v) is 31.0. The van der Waals surface area contributed by atoms with Gasteiger partial charge >= 0.3 is 24.1 Å². The maximum Gasteiger partial charge on any atom is 0.509 e. The molecule has 13 heteroatoms. The highest BCUT2D eigenvalue weighted by molar-refractivity contribution is 5.97. The van der Waals surface area contributed by atoms with E-state index in [2.05, 4.69) is 0 Å². The average molecular weight is 715 g/mol. The fourth-order valence-corrected chi connectivity index (χ4v) is 7.87. The monoisotopic (exact) mass is 714 g/mol. The lowest BCUT2D eigenvalue weighted by atomic mass is 9.57. The van der Waals surface area contributed by atoms with Gasteiger partial charge in [0.1, 0.15) is 29.5 Å². The minimum atomic E-state index is -2.28. The molecule has 0 radical (unpaired) electrons. The molecule has 280 valence electrons. The summed E-state index contributed by atoms with van der Waals surface area (Å²) in [5.74, 6) is -4.92. The van der Waals surface area contributed by atoms with Crippen LogP contribution in [-0.2, 0) is 47.6 Å². The number of benzene rings is 1. The van der Waals surface area contributed by atoms with Gasteiger partial charge in [-0.2, -0.15) is 0 Å². The molecule has 1 heterocycles. The third-order valence-electron chi connectivity index (χ3n) is 10.1. The summed E-state index contributed by atoms with van der Waals surface area (Å²) < 4.78 is 34.4. The predicted molar refractivity (Wildman–Crippen MR) is 180 cm³/mol. The molecule has 4 rings (SSSR count). The predicted octanol–water partition coefficient (Wildman–Crippen LogP) is 4.85. The normalized spacial score (nSPS) is 31.2. The Balaban J connectivity index is 1.87. The van der Waals surface area contributed by atoms with Gasteiger partial charge < -0.3 is 33.5 Å². The maximum absolute atomic E-state index is 15.3. The van der Waals surface area contributed by atoms with Crippen LogP contribution in [0.5, 0.6) is 0 Å². The van der Waals surface area contributed by atoms with Crippen LogP contribution in [0.1, 0.15) is 98.9 Å². The van der Waals surface area contributed by atoms with Crippen molar-refractivity contribution < 1.29 is 62.3 Å². The molecule has 1 aromatic carbocycles. The highest BCUT2D eigenvalue weighted by atomic mass is 16.7. The number of esters is 3. The van der Waals surface area contributed by atoms with Crippen LogP contribution in [0.2, 0.25) is 0 Å². The van der Waals surface area contributed by atoms with E-state index < -0.39 is 100 Å². The Kier molecular flexibility index (Phi) is 11.0. The second-order valence-electron chi connectivity index (χ2n) is 15.9. The highest BCUT2D eigenvalue weighted by Gasteiger charge is 2.68. The lowest BCUT2D eigenvalue weighted by Crippen LogP contribution is -2.71. The van der Waals surface area contributed by atoms with Gasteiger partial charge in [-0.15, -0.1) is 0 Å². The van der Waals surface area contributed by atoms with Crippen molar-refractivity contribution in [3.05, 3.63) is 47.5 Å². The van der Waals surface area contributed by atoms with Gasteiger partial charge in [0, 0.05) is 39.0 Å². The molecule has 1 saturated carbocycles. The SMILES string of the molecule is CC(=O)O[C@@H](C(=O)[C@@]1(C)C[C@]2(OC(C)=O)COC2C[C@@H]1OC(=O)OC(C)(C)C)C1C(C)(C)C=C(C)C(=O)C[C@@]1(O)[C@H](C)OC(=O)c1ccccc1. The molecular weight excluding hydrogens is 664 g/mol. The van der Waals surface area contributed by atoms with Crippen molar-refractivity contribution in [1.29, 1.82) is 0 Å². The number of carbonyl (C=O) groups is 6. The summed E-state index contributed by atoms with van der Waals surface area (Å²) in [7, 11) is 0. The molecule has 1 aromatic rings. The number of ketones is 2. The smallest absolute Gasteiger partial charge is 0.456 e. The topological polar surface area (TPSA) is 178 Å². The van der Waals surface area contributed by atoms with Gasteiger partial charge in [-0.3, -0.25) is 19.2 Å². The first-order valence-corrected chi connectivity index (χ1v) is 17.1. The van der Waals surface area contributed by atoms with Gasteiger partial charge in [-0.05, 0) is 64.7 Å². The van der Waals surface area contributed by atoms with E-state index in [9.17, 15) is 29.1 Å².